The van der Waals surface area contributed by atoms with Crippen molar-refractivity contribution in [3.05, 3.63) is 35.4 Å². The Labute approximate surface area is 70.2 Å². The molecule has 0 saturated carbocycles. The normalized spacial score (nSPS) is 21.1. The van der Waals surface area contributed by atoms with Crippen LogP contribution < -0.4 is 0 Å². The molecule has 1 atom stereocenters. The maximum Gasteiger partial charge on any atom is 0.163 e. The molecule has 12 heavy (non-hydrogen) atoms. The topological polar surface area (TPSA) is 17.1 Å². The highest BCUT2D eigenvalue weighted by Crippen LogP contribution is 2.32. The van der Waals surface area contributed by atoms with Gasteiger partial charge in [0.25, 0.3) is 0 Å². The molecule has 0 amide bonds. The van der Waals surface area contributed by atoms with Crippen molar-refractivity contribution in [2.75, 3.05) is 6.67 Å². The van der Waals surface area contributed by atoms with Gasteiger partial charge in [-0.1, -0.05) is 24.3 Å². The predicted octanol–water partition coefficient (Wildman–Crippen LogP) is 2.33. The van der Waals surface area contributed by atoms with Crippen LogP contribution in [-0.4, -0.2) is 12.5 Å². The molecule has 0 spiro atoms. The summed E-state index contributed by atoms with van der Waals surface area (Å²) in [5, 5.41) is 0. The molecular weight excluding hydrogens is 155 g/mol. The van der Waals surface area contributed by atoms with Crippen LogP contribution in [0.15, 0.2) is 24.3 Å². The lowest BCUT2D eigenvalue weighted by molar-refractivity contribution is 0.0986. The van der Waals surface area contributed by atoms with E-state index in [4.69, 9.17) is 0 Å². The zero-order valence-electron chi connectivity index (χ0n) is 6.59. The second-order valence-electron chi connectivity index (χ2n) is 3.07. The number of hydrogen-bond acceptors (Lipinski definition) is 1. The average molecular weight is 164 g/mol. The molecule has 0 radical (unpaired) electrons. The summed E-state index contributed by atoms with van der Waals surface area (Å²) >= 11 is 0. The summed E-state index contributed by atoms with van der Waals surface area (Å²) in [5.74, 6) is -0.109. The van der Waals surface area contributed by atoms with Gasteiger partial charge in [0.15, 0.2) is 5.78 Å². The number of Topliss-reactive ketones (excluding diaryl/α,β-unsaturated/α-hetero) is 1. The molecule has 0 saturated heterocycles. The van der Waals surface area contributed by atoms with E-state index >= 15 is 0 Å². The number of alkyl halides is 1. The third-order valence-corrected chi connectivity index (χ3v) is 2.32. The molecule has 1 aromatic rings. The molecule has 1 aliphatic rings. The van der Waals surface area contributed by atoms with Gasteiger partial charge in [-0.05, 0) is 5.56 Å². The Kier molecular flexibility index (Phi) is 1.68. The zero-order chi connectivity index (χ0) is 8.55. The van der Waals surface area contributed by atoms with Crippen molar-refractivity contribution in [1.29, 1.82) is 0 Å². The monoisotopic (exact) mass is 164 g/mol. The Morgan fingerprint density at radius 3 is 2.92 bits per heavy atom. The van der Waals surface area contributed by atoms with E-state index < -0.39 is 6.67 Å². The van der Waals surface area contributed by atoms with Crippen LogP contribution in [0.25, 0.3) is 0 Å². The molecule has 2 rings (SSSR count). The third-order valence-electron chi connectivity index (χ3n) is 2.32. The number of benzene rings is 1. The summed E-state index contributed by atoms with van der Waals surface area (Å²) in [5.41, 5.74) is 1.59. The molecule has 0 fully saturated rings. The van der Waals surface area contributed by atoms with Crippen molar-refractivity contribution in [3.8, 4) is 0 Å². The van der Waals surface area contributed by atoms with E-state index in [9.17, 15) is 9.18 Å². The van der Waals surface area contributed by atoms with Gasteiger partial charge in [-0.15, -0.1) is 0 Å². The Balaban J connectivity index is 2.50. The SMILES string of the molecule is O=C1C[C@H](CF)c2ccccc21. The van der Waals surface area contributed by atoms with E-state index in [-0.39, 0.29) is 11.7 Å². The molecule has 0 aromatic heterocycles. The van der Waals surface area contributed by atoms with Crippen LogP contribution in [0.2, 0.25) is 0 Å². The van der Waals surface area contributed by atoms with E-state index in [1.807, 2.05) is 18.2 Å². The summed E-state index contributed by atoms with van der Waals surface area (Å²) < 4.78 is 12.4. The van der Waals surface area contributed by atoms with Crippen LogP contribution in [0, 0.1) is 0 Å². The highest BCUT2D eigenvalue weighted by molar-refractivity contribution is 6.01. The first-order chi connectivity index (χ1) is 5.83. The lowest BCUT2D eigenvalue weighted by atomic mass is 10.0. The van der Waals surface area contributed by atoms with Gasteiger partial charge in [0.05, 0.1) is 6.67 Å². The lowest BCUT2D eigenvalue weighted by Crippen LogP contribution is -1.95. The second kappa shape index (κ2) is 2.70. The zero-order valence-corrected chi connectivity index (χ0v) is 6.59. The van der Waals surface area contributed by atoms with Gasteiger partial charge in [0.2, 0.25) is 0 Å². The van der Waals surface area contributed by atoms with E-state index in [0.29, 0.717) is 12.0 Å². The predicted molar refractivity (Wildman–Crippen MR) is 44.1 cm³/mol. The molecule has 1 aromatic carbocycles. The van der Waals surface area contributed by atoms with Gasteiger partial charge in [0, 0.05) is 17.9 Å². The molecule has 0 N–H and O–H groups in total. The van der Waals surface area contributed by atoms with E-state index in [1.54, 1.807) is 6.07 Å². The molecule has 2 heteroatoms. The molecule has 1 nitrogen and oxygen atoms in total. The van der Waals surface area contributed by atoms with Gasteiger partial charge < -0.3 is 0 Å². The summed E-state index contributed by atoms with van der Waals surface area (Å²) in [7, 11) is 0. The first-order valence-corrected chi connectivity index (χ1v) is 4.01. The fourth-order valence-corrected chi connectivity index (χ4v) is 1.69. The van der Waals surface area contributed by atoms with E-state index in [2.05, 4.69) is 0 Å². The number of fused-ring (bicyclic) bond motifs is 1. The van der Waals surface area contributed by atoms with Crippen LogP contribution in [0.4, 0.5) is 4.39 Å². The van der Waals surface area contributed by atoms with Crippen molar-refractivity contribution in [2.45, 2.75) is 12.3 Å². The van der Waals surface area contributed by atoms with Gasteiger partial charge in [0.1, 0.15) is 0 Å². The second-order valence-corrected chi connectivity index (χ2v) is 3.07. The molecule has 62 valence electrons. The summed E-state index contributed by atoms with van der Waals surface area (Å²) in [6.07, 6.45) is 0.343. The van der Waals surface area contributed by atoms with Crippen molar-refractivity contribution < 1.29 is 9.18 Å². The molecule has 0 unspecified atom stereocenters. The highest BCUT2D eigenvalue weighted by Gasteiger charge is 2.28. The lowest BCUT2D eigenvalue weighted by Gasteiger charge is -2.02. The van der Waals surface area contributed by atoms with Gasteiger partial charge in [-0.25, -0.2) is 0 Å². The molecule has 0 heterocycles. The van der Waals surface area contributed by atoms with Crippen LogP contribution in [0.1, 0.15) is 28.3 Å². The minimum Gasteiger partial charge on any atom is -0.294 e. The van der Waals surface area contributed by atoms with Crippen molar-refractivity contribution in [2.24, 2.45) is 0 Å². The van der Waals surface area contributed by atoms with E-state index in [1.165, 1.54) is 0 Å². The van der Waals surface area contributed by atoms with Crippen molar-refractivity contribution >= 4 is 5.78 Å². The summed E-state index contributed by atoms with van der Waals surface area (Å²) in [4.78, 5) is 11.3. The minimum atomic E-state index is -0.428. The fraction of sp³-hybridized carbons (Fsp3) is 0.300. The van der Waals surface area contributed by atoms with Crippen LogP contribution in [-0.2, 0) is 0 Å². The minimum absolute atomic E-state index is 0.0771. The third kappa shape index (κ3) is 0.951. The number of hydrogen-bond donors (Lipinski definition) is 0. The first-order valence-electron chi connectivity index (χ1n) is 4.01. The standard InChI is InChI=1S/C10H9FO/c11-6-7-5-10(12)9-4-2-1-3-8(7)9/h1-4,7H,5-6H2/t7-/m1/s1. The summed E-state index contributed by atoms with van der Waals surface area (Å²) in [6, 6.07) is 7.27. The Morgan fingerprint density at radius 2 is 2.17 bits per heavy atom. The summed E-state index contributed by atoms with van der Waals surface area (Å²) in [6.45, 7) is -0.428. The Morgan fingerprint density at radius 1 is 1.42 bits per heavy atom. The van der Waals surface area contributed by atoms with Crippen LogP contribution >= 0.6 is 0 Å². The highest BCUT2D eigenvalue weighted by atomic mass is 19.1. The quantitative estimate of drug-likeness (QED) is 0.622. The first kappa shape index (κ1) is 7.47. The molecule has 1 aliphatic carbocycles. The Hall–Kier alpha value is -1.18. The van der Waals surface area contributed by atoms with Crippen molar-refractivity contribution in [3.63, 3.8) is 0 Å². The number of carbonyl (C=O) groups is 1. The van der Waals surface area contributed by atoms with Gasteiger partial charge in [-0.3, -0.25) is 9.18 Å². The van der Waals surface area contributed by atoms with Crippen LogP contribution in [0.5, 0.6) is 0 Å². The molecule has 0 bridgehead atoms. The molecular formula is C10H9FO. The maximum absolute atomic E-state index is 12.4. The number of halogens is 1. The van der Waals surface area contributed by atoms with Gasteiger partial charge >= 0.3 is 0 Å². The largest absolute Gasteiger partial charge is 0.294 e. The average Bonchev–Trinajstić information content (AvgIpc) is 2.44. The smallest absolute Gasteiger partial charge is 0.163 e. The number of ketones is 1. The number of rotatable bonds is 1. The van der Waals surface area contributed by atoms with Gasteiger partial charge in [-0.2, -0.15) is 0 Å². The Bertz CT molecular complexity index is 319. The van der Waals surface area contributed by atoms with Crippen molar-refractivity contribution in [1.82, 2.24) is 0 Å². The molecule has 0 aliphatic heterocycles. The number of carbonyl (C=O) groups excluding carboxylic acids is 1. The van der Waals surface area contributed by atoms with Crippen LogP contribution in [0.3, 0.4) is 0 Å². The van der Waals surface area contributed by atoms with E-state index in [0.717, 1.165) is 5.56 Å². The fourth-order valence-electron chi connectivity index (χ4n) is 1.69. The maximum atomic E-state index is 12.4.